The second-order valence-corrected chi connectivity index (χ2v) is 34.2. The lowest BCUT2D eigenvalue weighted by atomic mass is 9.70. The first kappa shape index (κ1) is 67.9. The molecule has 23 rings (SSSR count). The van der Waals surface area contributed by atoms with Crippen LogP contribution in [-0.4, -0.2) is 0 Å². The Morgan fingerprint density at radius 3 is 1.29 bits per heavy atom. The maximum atomic E-state index is 2.49. The van der Waals surface area contributed by atoms with Crippen LogP contribution >= 0.6 is 34.0 Å². The molecule has 116 heavy (non-hydrogen) atoms. The highest BCUT2D eigenvalue weighted by atomic mass is 32.1. The highest BCUT2D eigenvalue weighted by Gasteiger charge is 2.51. The first-order chi connectivity index (χ1) is 57.3. The lowest BCUT2D eigenvalue weighted by Gasteiger charge is -2.30. The topological polar surface area (TPSA) is 6.48 Å². The van der Waals surface area contributed by atoms with E-state index in [1.54, 1.807) is 0 Å². The van der Waals surface area contributed by atoms with Gasteiger partial charge in [-0.2, -0.15) is 0 Å². The van der Waals surface area contributed by atoms with Crippen molar-refractivity contribution in [3.8, 4) is 77.9 Å². The lowest BCUT2D eigenvalue weighted by molar-refractivity contribution is 0.794. The van der Waals surface area contributed by atoms with Gasteiger partial charge in [-0.05, 0) is 244 Å². The van der Waals surface area contributed by atoms with Gasteiger partial charge in [-0.1, -0.05) is 297 Å². The summed E-state index contributed by atoms with van der Waals surface area (Å²) in [6, 6.07) is 148. The largest absolute Gasteiger partial charge is 0.310 e. The van der Waals surface area contributed by atoms with E-state index in [1.807, 2.05) is 34.0 Å². The molecule has 0 saturated carbocycles. The minimum atomic E-state index is -0.423. The van der Waals surface area contributed by atoms with E-state index in [1.165, 1.54) is 188 Å². The minimum Gasteiger partial charge on any atom is -0.310 e. The van der Waals surface area contributed by atoms with Gasteiger partial charge in [0.25, 0.3) is 0 Å². The van der Waals surface area contributed by atoms with E-state index in [4.69, 9.17) is 0 Å². The molecule has 3 heterocycles. The summed E-state index contributed by atoms with van der Waals surface area (Å²) in [7, 11) is 0. The molecule has 3 aromatic heterocycles. The number of para-hydroxylation sites is 2. The third kappa shape index (κ3) is 10.7. The highest BCUT2D eigenvalue weighted by molar-refractivity contribution is 7.26. The van der Waals surface area contributed by atoms with E-state index in [0.29, 0.717) is 0 Å². The molecule has 0 atom stereocenters. The number of rotatable bonds is 13. The van der Waals surface area contributed by atoms with Crippen molar-refractivity contribution in [3.05, 3.63) is 433 Å². The van der Waals surface area contributed by atoms with Crippen molar-refractivity contribution in [2.75, 3.05) is 9.80 Å². The fourth-order valence-electron chi connectivity index (χ4n) is 19.4. The predicted octanol–water partition coefficient (Wildman–Crippen LogP) is 32.4. The maximum Gasteiger partial charge on any atom is 0.0725 e. The van der Waals surface area contributed by atoms with E-state index in [9.17, 15) is 0 Å². The second kappa shape index (κ2) is 27.2. The molecule has 0 amide bonds. The number of nitrogens with zero attached hydrogens (tertiary/aromatic N) is 2. The Labute approximate surface area is 686 Å². The zero-order chi connectivity index (χ0) is 76.7. The smallest absolute Gasteiger partial charge is 0.0725 e. The van der Waals surface area contributed by atoms with Crippen LogP contribution in [0.4, 0.5) is 34.1 Å². The number of benzene rings is 18. The highest BCUT2D eigenvalue weighted by Crippen LogP contribution is 2.63. The van der Waals surface area contributed by atoms with E-state index < -0.39 is 5.41 Å². The first-order valence-corrected chi connectivity index (χ1v) is 42.4. The summed E-state index contributed by atoms with van der Waals surface area (Å²) >= 11 is 5.61. The summed E-state index contributed by atoms with van der Waals surface area (Å²) in [5.41, 5.74) is 32.5. The zero-order valence-corrected chi connectivity index (χ0v) is 66.2. The van der Waals surface area contributed by atoms with Crippen LogP contribution in [0.3, 0.4) is 0 Å². The predicted molar refractivity (Wildman–Crippen MR) is 500 cm³/mol. The maximum absolute atomic E-state index is 2.49. The Bertz CT molecular complexity index is 7550. The summed E-state index contributed by atoms with van der Waals surface area (Å²) in [5.74, 6) is 0. The molecule has 0 bridgehead atoms. The Balaban J connectivity index is 0.584. The Kier molecular flexibility index (Phi) is 15.9. The molecule has 1 spiro atoms. The molecule has 544 valence electrons. The van der Waals surface area contributed by atoms with Crippen LogP contribution in [0, 0.1) is 6.92 Å². The van der Waals surface area contributed by atoms with Gasteiger partial charge in [0.05, 0.1) is 16.8 Å². The summed E-state index contributed by atoms with van der Waals surface area (Å²) in [5, 5.41) is 11.4. The number of allylic oxidation sites excluding steroid dienone is 1. The van der Waals surface area contributed by atoms with Crippen LogP contribution in [0.2, 0.25) is 0 Å². The van der Waals surface area contributed by atoms with E-state index in [0.717, 1.165) is 39.7 Å². The van der Waals surface area contributed by atoms with Gasteiger partial charge in [0.15, 0.2) is 0 Å². The summed E-state index contributed by atoms with van der Waals surface area (Å²) < 4.78 is 6.41. The lowest BCUT2D eigenvalue weighted by Crippen LogP contribution is -2.25. The van der Waals surface area contributed by atoms with Gasteiger partial charge >= 0.3 is 0 Å². The molecule has 2 aliphatic carbocycles. The molecule has 0 N–H and O–H groups in total. The monoisotopic (exact) mass is 1530 g/mol. The molecule has 5 heteroatoms. The van der Waals surface area contributed by atoms with Crippen molar-refractivity contribution >= 4 is 152 Å². The number of hydrogen-bond acceptors (Lipinski definition) is 5. The minimum absolute atomic E-state index is 0.423. The van der Waals surface area contributed by atoms with Gasteiger partial charge in [-0.15, -0.1) is 34.0 Å². The molecular formula is C111H72N2S3. The molecule has 0 fully saturated rings. The van der Waals surface area contributed by atoms with E-state index in [2.05, 4.69) is 424 Å². The molecule has 2 aliphatic rings. The molecule has 2 nitrogen and oxygen atoms in total. The van der Waals surface area contributed by atoms with Crippen molar-refractivity contribution in [1.82, 2.24) is 0 Å². The average molecular weight is 1530 g/mol. The fraction of sp³-hybridized carbons (Fsp3) is 0.0270. The molecule has 0 unspecified atom stereocenters. The molecule has 18 aromatic carbocycles. The summed E-state index contributed by atoms with van der Waals surface area (Å²) in [6.45, 7) is 4.59. The number of aryl methyl sites for hydroxylation is 1. The second-order valence-electron chi connectivity index (χ2n) is 30.9. The van der Waals surface area contributed by atoms with Gasteiger partial charge in [0.2, 0.25) is 0 Å². The van der Waals surface area contributed by atoms with Gasteiger partial charge in [-0.3, -0.25) is 0 Å². The molecule has 0 radical (unpaired) electrons. The molecule has 21 aromatic rings. The van der Waals surface area contributed by atoms with Gasteiger partial charge < -0.3 is 9.80 Å². The van der Waals surface area contributed by atoms with Crippen molar-refractivity contribution in [2.45, 2.75) is 19.3 Å². The molecular weight excluding hydrogens is 1460 g/mol. The van der Waals surface area contributed by atoms with E-state index >= 15 is 0 Å². The van der Waals surface area contributed by atoms with Crippen LogP contribution in [0.1, 0.15) is 45.2 Å². The third-order valence-electron chi connectivity index (χ3n) is 24.7. The van der Waals surface area contributed by atoms with Crippen molar-refractivity contribution in [2.24, 2.45) is 0 Å². The van der Waals surface area contributed by atoms with Gasteiger partial charge in [0, 0.05) is 89.2 Å². The van der Waals surface area contributed by atoms with Crippen molar-refractivity contribution in [3.63, 3.8) is 0 Å². The number of anilines is 6. The molecule has 0 saturated heterocycles. The summed E-state index contributed by atoms with van der Waals surface area (Å²) in [6.07, 6.45) is 2.42. The van der Waals surface area contributed by atoms with Crippen LogP contribution < -0.4 is 9.80 Å². The van der Waals surface area contributed by atoms with Crippen molar-refractivity contribution < 1.29 is 0 Å². The first-order valence-electron chi connectivity index (χ1n) is 39.9. The van der Waals surface area contributed by atoms with Crippen molar-refractivity contribution in [1.29, 1.82) is 0 Å². The van der Waals surface area contributed by atoms with E-state index in [-0.39, 0.29) is 0 Å². The summed E-state index contributed by atoms with van der Waals surface area (Å²) in [4.78, 5) is 6.20. The Morgan fingerprint density at radius 1 is 0.259 bits per heavy atom. The van der Waals surface area contributed by atoms with Crippen LogP contribution in [0.25, 0.3) is 162 Å². The molecule has 0 aliphatic heterocycles. The fourth-order valence-corrected chi connectivity index (χ4v) is 22.9. The Hall–Kier alpha value is -13.8. The van der Waals surface area contributed by atoms with Crippen LogP contribution in [0.5, 0.6) is 0 Å². The van der Waals surface area contributed by atoms with Gasteiger partial charge in [-0.25, -0.2) is 0 Å². The number of hydrogen-bond donors (Lipinski definition) is 0. The average Bonchev–Trinajstić information content (AvgIpc) is 1.51. The van der Waals surface area contributed by atoms with Crippen LogP contribution in [0.15, 0.2) is 394 Å². The standard InChI is InChI=1S/C111H72N2S3/c1-69(65-107-70(2)109-94(36-21-45-105(109)116-107)90-30-8-16-42-102(90)113(81-61-64-93-92-32-10-17-43-103(92)115-108(93)68-81)80-59-51-73(52-60-80)83-34-19-24-72-23-3-4-26-82(72)83)75-53-62-85-77(66-75)25-20-35-84(85)74-49-57-79(58-50-74)112(101-41-15-9-31-91(101)95-37-22-46-106-110(95)96-33-11-18-44-104(96)114-106)78-55-47-71(48-56-78)76-54-63-89-88-29-7-14-40-99(88)111(100(89)67-76)97-38-12-5-27-86(97)87-28-6-13-39-98(87)111/h3-68H,1-2H3/b69-65+. The normalized spacial score (nSPS) is 12.7. The van der Waals surface area contributed by atoms with Crippen LogP contribution in [-0.2, 0) is 5.41 Å². The number of thiophene rings is 3. The number of fused-ring (bicyclic) bond motifs is 19. The third-order valence-corrected chi connectivity index (χ3v) is 28.2. The zero-order valence-electron chi connectivity index (χ0n) is 63.7. The Morgan fingerprint density at radius 2 is 0.664 bits per heavy atom. The SMILES string of the molecule is C/C(=C\c1sc2cccc(-c3ccccc3N(c3ccc(-c4cccc5ccccc45)cc3)c3ccc4c(c3)sc3ccccc34)c2c1C)c1ccc2c(-c3ccc(N(c4ccc(-c5ccc6c(c5)C5(c7ccccc7-c7ccccc75)c5ccccc5-6)cc4)c4ccccc4-c4cccc5sc6ccccc6c45)cc3)cccc2c1. The quantitative estimate of drug-likeness (QED) is 0.114. The van der Waals surface area contributed by atoms with Gasteiger partial charge in [0.1, 0.15) is 0 Å².